The van der Waals surface area contributed by atoms with Gasteiger partial charge in [-0.2, -0.15) is 10.2 Å². The Morgan fingerprint density at radius 2 is 1.80 bits per heavy atom. The largest absolute Gasteiger partial charge is 0.446 e. The highest BCUT2D eigenvalue weighted by Crippen LogP contribution is 2.32. The Bertz CT molecular complexity index is 1410. The number of anilines is 3. The summed E-state index contributed by atoms with van der Waals surface area (Å²) in [5.41, 5.74) is 1.64. The Morgan fingerprint density at radius 3 is 2.55 bits per heavy atom. The van der Waals surface area contributed by atoms with Gasteiger partial charge in [0, 0.05) is 47.7 Å². The summed E-state index contributed by atoms with van der Waals surface area (Å²) in [6.45, 7) is 7.00. The summed E-state index contributed by atoms with van der Waals surface area (Å²) in [6, 6.07) is 7.85. The number of carbonyl (C=O) groups is 2. The molecule has 3 N–H and O–H groups in total. The lowest BCUT2D eigenvalue weighted by Crippen LogP contribution is -2.56. The summed E-state index contributed by atoms with van der Waals surface area (Å²) < 4.78 is 20.0. The number of aryl methyl sites for hydroxylation is 1. The van der Waals surface area contributed by atoms with Crippen LogP contribution in [-0.2, 0) is 9.53 Å². The topological polar surface area (TPSA) is 134 Å². The number of halogens is 2. The third kappa shape index (κ3) is 6.45. The van der Waals surface area contributed by atoms with Crippen molar-refractivity contribution in [1.82, 2.24) is 30.4 Å². The minimum absolute atomic E-state index is 0.204. The maximum Gasteiger partial charge on any atom is 0.410 e. The fourth-order valence-electron chi connectivity index (χ4n) is 4.83. The van der Waals surface area contributed by atoms with E-state index in [4.69, 9.17) is 16.3 Å². The van der Waals surface area contributed by atoms with Crippen LogP contribution in [0.25, 0.3) is 11.3 Å². The molecule has 2 aliphatic rings. The van der Waals surface area contributed by atoms with Crippen LogP contribution in [0.15, 0.2) is 36.7 Å². The first kappa shape index (κ1) is 27.7. The van der Waals surface area contributed by atoms with E-state index in [-0.39, 0.29) is 41.7 Å². The predicted octanol–water partition coefficient (Wildman–Crippen LogP) is 4.31. The fourth-order valence-corrected chi connectivity index (χ4v) is 5.01. The van der Waals surface area contributed by atoms with E-state index in [9.17, 15) is 14.0 Å². The van der Waals surface area contributed by atoms with E-state index in [0.717, 1.165) is 0 Å². The molecule has 2 atom stereocenters. The van der Waals surface area contributed by atoms with Crippen LogP contribution in [0.5, 0.6) is 0 Å². The Hall–Kier alpha value is -3.90. The van der Waals surface area contributed by atoms with Crippen LogP contribution in [0.4, 0.5) is 26.5 Å². The summed E-state index contributed by atoms with van der Waals surface area (Å²) in [5.74, 6) is -0.249. The van der Waals surface area contributed by atoms with Crippen LogP contribution in [0, 0.1) is 18.7 Å². The zero-order valence-corrected chi connectivity index (χ0v) is 23.1. The molecule has 2 fully saturated rings. The van der Waals surface area contributed by atoms with Crippen LogP contribution >= 0.6 is 11.6 Å². The van der Waals surface area contributed by atoms with E-state index in [1.165, 1.54) is 24.5 Å². The average molecular weight is 569 g/mol. The number of aromatic nitrogens is 4. The number of nitrogens with zero attached hydrogens (tertiary/aromatic N) is 5. The van der Waals surface area contributed by atoms with Crippen molar-refractivity contribution in [3.63, 3.8) is 0 Å². The molecule has 2 unspecified atom stereocenters. The molecule has 1 aromatic carbocycles. The van der Waals surface area contributed by atoms with Gasteiger partial charge in [0.15, 0.2) is 0 Å². The second-order valence-corrected chi connectivity index (χ2v) is 10.7. The van der Waals surface area contributed by atoms with E-state index >= 15 is 0 Å². The summed E-state index contributed by atoms with van der Waals surface area (Å²) in [7, 11) is 0. The van der Waals surface area contributed by atoms with Crippen molar-refractivity contribution in [2.24, 2.45) is 5.92 Å². The highest BCUT2D eigenvalue weighted by Gasteiger charge is 2.38. The third-order valence-corrected chi connectivity index (χ3v) is 7.15. The number of carbonyl (C=O) groups excluding carboxylic acids is 2. The lowest BCUT2D eigenvalue weighted by atomic mass is 9.81. The molecule has 210 valence electrons. The molecule has 0 spiro atoms. The predicted molar refractivity (Wildman–Crippen MR) is 148 cm³/mol. The number of amides is 2. The number of ether oxygens (including phenoxy) is 1. The van der Waals surface area contributed by atoms with Crippen molar-refractivity contribution < 1.29 is 18.7 Å². The van der Waals surface area contributed by atoms with E-state index in [1.54, 1.807) is 24.0 Å². The molecule has 1 aliphatic carbocycles. The number of nitrogens with one attached hydrogen (secondary N) is 3. The van der Waals surface area contributed by atoms with E-state index in [2.05, 4.69) is 36.1 Å². The van der Waals surface area contributed by atoms with Gasteiger partial charge in [-0.1, -0.05) is 11.6 Å². The Balaban J connectivity index is 1.17. The van der Waals surface area contributed by atoms with Gasteiger partial charge in [-0.05, 0) is 57.9 Å². The zero-order chi connectivity index (χ0) is 28.4. The molecular weight excluding hydrogens is 539 g/mol. The maximum absolute atomic E-state index is 14.4. The number of benzene rings is 1. The van der Waals surface area contributed by atoms with Crippen molar-refractivity contribution >= 4 is 40.9 Å². The monoisotopic (exact) mass is 568 g/mol. The van der Waals surface area contributed by atoms with Gasteiger partial charge in [-0.15, -0.1) is 0 Å². The Labute approximate surface area is 235 Å². The first-order chi connectivity index (χ1) is 19.1. The average Bonchev–Trinajstić information content (AvgIpc) is 2.88. The smallest absolute Gasteiger partial charge is 0.410 e. The second-order valence-electron chi connectivity index (χ2n) is 10.3. The number of hydrogen-bond donors (Lipinski definition) is 3. The number of rotatable bonds is 6. The van der Waals surface area contributed by atoms with Gasteiger partial charge in [0.1, 0.15) is 29.9 Å². The molecule has 0 bridgehead atoms. The molecule has 13 heteroatoms. The molecule has 40 heavy (non-hydrogen) atoms. The third-order valence-electron chi connectivity index (χ3n) is 6.91. The van der Waals surface area contributed by atoms with Crippen LogP contribution in [0.3, 0.4) is 0 Å². The molecular formula is C27H30ClFN8O3. The summed E-state index contributed by atoms with van der Waals surface area (Å²) in [5, 5.41) is 17.9. The molecule has 2 aromatic heterocycles. The molecule has 1 aliphatic heterocycles. The molecule has 3 heterocycles. The van der Waals surface area contributed by atoms with Crippen molar-refractivity contribution in [1.29, 1.82) is 0 Å². The number of piperazine rings is 1. The van der Waals surface area contributed by atoms with Crippen LogP contribution < -0.4 is 16.0 Å². The van der Waals surface area contributed by atoms with Crippen LogP contribution in [-0.4, -0.2) is 68.3 Å². The van der Waals surface area contributed by atoms with Gasteiger partial charge in [0.2, 0.25) is 5.91 Å². The first-order valence-corrected chi connectivity index (χ1v) is 13.4. The molecule has 2 amide bonds. The highest BCUT2D eigenvalue weighted by atomic mass is 35.5. The van der Waals surface area contributed by atoms with Crippen molar-refractivity contribution in [2.45, 2.75) is 51.8 Å². The van der Waals surface area contributed by atoms with Crippen molar-refractivity contribution in [3.8, 4) is 11.3 Å². The summed E-state index contributed by atoms with van der Waals surface area (Å²) in [4.78, 5) is 35.4. The fraction of sp³-hybridized carbons (Fsp3) is 0.407. The van der Waals surface area contributed by atoms with Crippen LogP contribution in [0.1, 0.15) is 32.4 Å². The van der Waals surface area contributed by atoms with Gasteiger partial charge in [0.25, 0.3) is 0 Å². The Kier molecular flexibility index (Phi) is 8.08. The van der Waals surface area contributed by atoms with Crippen molar-refractivity contribution in [3.05, 3.63) is 53.2 Å². The van der Waals surface area contributed by atoms with E-state index < -0.39 is 5.82 Å². The second kappa shape index (κ2) is 11.7. The standard InChI is InChI=1S/C27H30ClFN8O3/c1-14-11-37(12-15(2)32-14)27(39)40-19-6-17(7-19)26(38)34-25-10-24(30-13-31-25)33-22-9-23(36-35-16(22)3)20-8-18(28)4-5-21(20)29/h4-5,8-10,13-15,17,19,32H,6-7,11-12H2,1-3H3,(H2,30,31,33,34,36,38). The highest BCUT2D eigenvalue weighted by molar-refractivity contribution is 6.30. The maximum atomic E-state index is 14.4. The number of hydrogen-bond acceptors (Lipinski definition) is 9. The normalized spacial score (nSPS) is 22.3. The van der Waals surface area contributed by atoms with E-state index in [0.29, 0.717) is 59.7 Å². The zero-order valence-electron chi connectivity index (χ0n) is 22.3. The lowest BCUT2D eigenvalue weighted by Gasteiger charge is -2.38. The van der Waals surface area contributed by atoms with Crippen LogP contribution in [0.2, 0.25) is 5.02 Å². The molecule has 1 saturated carbocycles. The first-order valence-electron chi connectivity index (χ1n) is 13.1. The van der Waals surface area contributed by atoms with Gasteiger partial charge >= 0.3 is 6.09 Å². The van der Waals surface area contributed by atoms with Gasteiger partial charge in [0.05, 0.1) is 17.1 Å². The Morgan fingerprint density at radius 1 is 1.07 bits per heavy atom. The molecule has 1 saturated heterocycles. The molecule has 0 radical (unpaired) electrons. The molecule has 5 rings (SSSR count). The summed E-state index contributed by atoms with van der Waals surface area (Å²) >= 11 is 6.03. The lowest BCUT2D eigenvalue weighted by molar-refractivity contribution is -0.126. The summed E-state index contributed by atoms with van der Waals surface area (Å²) in [6.07, 6.45) is 1.61. The quantitative estimate of drug-likeness (QED) is 0.397. The van der Waals surface area contributed by atoms with Crippen molar-refractivity contribution in [2.75, 3.05) is 23.7 Å². The molecule has 3 aromatic rings. The SMILES string of the molecule is Cc1nnc(-c2cc(Cl)ccc2F)cc1Nc1cc(NC(=O)C2CC(OC(=O)N3CC(C)NC(C)C3)C2)ncn1. The molecule has 11 nitrogen and oxygen atoms in total. The minimum Gasteiger partial charge on any atom is -0.446 e. The van der Waals surface area contributed by atoms with Gasteiger partial charge in [-0.25, -0.2) is 19.2 Å². The van der Waals surface area contributed by atoms with Gasteiger partial charge < -0.3 is 25.6 Å². The van der Waals surface area contributed by atoms with Gasteiger partial charge in [-0.3, -0.25) is 4.79 Å². The minimum atomic E-state index is -0.471. The van der Waals surface area contributed by atoms with E-state index in [1.807, 2.05) is 13.8 Å².